The molecule has 12 unspecified atom stereocenters. The van der Waals surface area contributed by atoms with E-state index >= 15 is 0 Å². The molecular weight excluding hydrogens is 380 g/mol. The summed E-state index contributed by atoms with van der Waals surface area (Å²) in [5, 5.41) is 33.5. The number of fused-ring (bicyclic) bond motifs is 5. The Balaban J connectivity index is 1.65. The fraction of sp³-hybridized carbons (Fsp3) is 0.960. The lowest BCUT2D eigenvalue weighted by Gasteiger charge is -2.64. The average Bonchev–Trinajstić information content (AvgIpc) is 3.07. The van der Waals surface area contributed by atoms with Crippen LogP contribution in [-0.2, 0) is 9.53 Å². The fourth-order valence-electron chi connectivity index (χ4n) is 9.02. The predicted octanol–water partition coefficient (Wildman–Crippen LogP) is 3.19. The van der Waals surface area contributed by atoms with Gasteiger partial charge < -0.3 is 24.9 Å². The smallest absolute Gasteiger partial charge is 0.120 e. The van der Waals surface area contributed by atoms with Crippen LogP contribution >= 0.6 is 0 Å². The minimum atomic E-state index is -0.467. The molecule has 5 heteroatoms. The van der Waals surface area contributed by atoms with Gasteiger partial charge in [-0.15, -0.1) is 0 Å². The number of aliphatic hydroxyl groups excluding tert-OH is 3. The van der Waals surface area contributed by atoms with Crippen LogP contribution < -0.4 is 0 Å². The minimum Gasteiger partial charge on any atom is -0.393 e. The normalized spacial score (nSPS) is 54.0. The molecule has 0 aliphatic heterocycles. The topological polar surface area (TPSA) is 87.0 Å². The van der Waals surface area contributed by atoms with Crippen molar-refractivity contribution < 1.29 is 24.9 Å². The molecule has 0 bridgehead atoms. The van der Waals surface area contributed by atoms with Gasteiger partial charge in [-0.05, 0) is 91.3 Å². The summed E-state index contributed by atoms with van der Waals surface area (Å²) in [7, 11) is 1.67. The van der Waals surface area contributed by atoms with Gasteiger partial charge in [0.1, 0.15) is 6.29 Å². The van der Waals surface area contributed by atoms with Gasteiger partial charge in [-0.25, -0.2) is 0 Å². The summed E-state index contributed by atoms with van der Waals surface area (Å²) in [6, 6.07) is 0. The quantitative estimate of drug-likeness (QED) is 0.593. The van der Waals surface area contributed by atoms with Crippen LogP contribution in [0.15, 0.2) is 0 Å². The van der Waals surface area contributed by atoms with Crippen LogP contribution in [0.4, 0.5) is 0 Å². The third kappa shape index (κ3) is 3.14. The van der Waals surface area contributed by atoms with E-state index in [1.54, 1.807) is 7.11 Å². The summed E-state index contributed by atoms with van der Waals surface area (Å²) in [6.07, 6.45) is 6.19. The van der Waals surface area contributed by atoms with Gasteiger partial charge in [0.25, 0.3) is 0 Å². The summed E-state index contributed by atoms with van der Waals surface area (Å²) in [5.74, 6) is 1.71. The van der Waals surface area contributed by atoms with Crippen molar-refractivity contribution >= 4 is 6.29 Å². The first-order valence-electron chi connectivity index (χ1n) is 12.2. The van der Waals surface area contributed by atoms with E-state index in [9.17, 15) is 20.1 Å². The number of carbonyl (C=O) groups excluding carboxylic acids is 1. The summed E-state index contributed by atoms with van der Waals surface area (Å²) in [4.78, 5) is 10.9. The number of hydrogen-bond donors (Lipinski definition) is 3. The Morgan fingerprint density at radius 1 is 1.03 bits per heavy atom. The average molecular weight is 423 g/mol. The van der Waals surface area contributed by atoms with Crippen molar-refractivity contribution in [2.45, 2.75) is 96.6 Å². The lowest BCUT2D eigenvalue weighted by atomic mass is 9.42. The van der Waals surface area contributed by atoms with Gasteiger partial charge in [-0.3, -0.25) is 0 Å². The number of carbonyl (C=O) groups is 1. The van der Waals surface area contributed by atoms with E-state index in [1.807, 2.05) is 0 Å². The van der Waals surface area contributed by atoms with Crippen LogP contribution in [-0.4, -0.2) is 53.1 Å². The van der Waals surface area contributed by atoms with E-state index in [0.717, 1.165) is 44.8 Å². The molecule has 5 nitrogen and oxygen atoms in total. The Bertz CT molecular complexity index is 639. The lowest BCUT2D eigenvalue weighted by molar-refractivity contribution is -0.232. The van der Waals surface area contributed by atoms with Crippen LogP contribution in [0.2, 0.25) is 0 Å². The summed E-state index contributed by atoms with van der Waals surface area (Å²) in [5.41, 5.74) is -0.212. The van der Waals surface area contributed by atoms with Crippen molar-refractivity contribution in [1.29, 1.82) is 0 Å². The Morgan fingerprint density at radius 3 is 2.43 bits per heavy atom. The van der Waals surface area contributed by atoms with Crippen LogP contribution in [0.25, 0.3) is 0 Å². The van der Waals surface area contributed by atoms with Gasteiger partial charge in [0, 0.05) is 13.5 Å². The van der Waals surface area contributed by atoms with Crippen molar-refractivity contribution in [2.24, 2.45) is 46.3 Å². The first-order chi connectivity index (χ1) is 14.2. The van der Waals surface area contributed by atoms with E-state index in [1.165, 1.54) is 0 Å². The molecule has 0 aromatic carbocycles. The SMILES string of the molecule is COC1C(O)CCC2(C)C1CC(O)C1C2CC(O)C2(C)C(C(C)CCC=O)CCC12. The molecule has 0 spiro atoms. The van der Waals surface area contributed by atoms with Gasteiger partial charge in [0.05, 0.1) is 24.4 Å². The predicted molar refractivity (Wildman–Crippen MR) is 115 cm³/mol. The summed E-state index contributed by atoms with van der Waals surface area (Å²) >= 11 is 0. The van der Waals surface area contributed by atoms with E-state index in [4.69, 9.17) is 4.74 Å². The van der Waals surface area contributed by atoms with Gasteiger partial charge in [-0.2, -0.15) is 0 Å². The molecule has 3 N–H and O–H groups in total. The van der Waals surface area contributed by atoms with Crippen molar-refractivity contribution in [3.63, 3.8) is 0 Å². The fourth-order valence-corrected chi connectivity index (χ4v) is 9.02. The van der Waals surface area contributed by atoms with E-state index in [-0.39, 0.29) is 40.8 Å². The maximum absolute atomic E-state index is 11.6. The second-order valence-corrected chi connectivity index (χ2v) is 11.5. The third-order valence-electron chi connectivity index (χ3n) is 10.6. The Labute approximate surface area is 181 Å². The van der Waals surface area contributed by atoms with E-state index in [0.29, 0.717) is 30.6 Å². The zero-order valence-corrected chi connectivity index (χ0v) is 19.2. The number of hydrogen-bond acceptors (Lipinski definition) is 5. The molecule has 0 aromatic rings. The van der Waals surface area contributed by atoms with Crippen LogP contribution in [0.5, 0.6) is 0 Å². The van der Waals surface area contributed by atoms with Gasteiger partial charge >= 0.3 is 0 Å². The molecular formula is C25H42O5. The standard InChI is InChI=1S/C25H42O5/c1-14(6-5-11-26)15-7-8-16-22-17(13-21(29)25(15,16)3)24(2)10-9-19(27)23(30-4)18(24)12-20(22)28/h11,14-23,27-29H,5-10,12-13H2,1-4H3. The highest BCUT2D eigenvalue weighted by Gasteiger charge is 2.66. The molecule has 30 heavy (non-hydrogen) atoms. The Hall–Kier alpha value is -0.490. The second-order valence-electron chi connectivity index (χ2n) is 11.5. The van der Waals surface area contributed by atoms with Crippen LogP contribution in [0.1, 0.15) is 72.1 Å². The zero-order chi connectivity index (χ0) is 21.8. The van der Waals surface area contributed by atoms with Gasteiger partial charge in [0.2, 0.25) is 0 Å². The maximum Gasteiger partial charge on any atom is 0.120 e. The molecule has 4 saturated carbocycles. The third-order valence-corrected chi connectivity index (χ3v) is 10.6. The number of aldehydes is 1. The molecule has 0 saturated heterocycles. The van der Waals surface area contributed by atoms with Crippen LogP contribution in [0, 0.1) is 46.3 Å². The highest BCUT2D eigenvalue weighted by Crippen LogP contribution is 2.68. The highest BCUT2D eigenvalue weighted by molar-refractivity contribution is 5.49. The summed E-state index contributed by atoms with van der Waals surface area (Å²) in [6.45, 7) is 6.83. The highest BCUT2D eigenvalue weighted by atomic mass is 16.5. The first kappa shape index (κ1) is 22.7. The largest absolute Gasteiger partial charge is 0.393 e. The zero-order valence-electron chi connectivity index (χ0n) is 19.2. The molecule has 4 fully saturated rings. The first-order valence-corrected chi connectivity index (χ1v) is 12.2. The van der Waals surface area contributed by atoms with Gasteiger partial charge in [0.15, 0.2) is 0 Å². The monoisotopic (exact) mass is 422 g/mol. The lowest BCUT2D eigenvalue weighted by Crippen LogP contribution is -2.65. The molecule has 0 amide bonds. The minimum absolute atomic E-state index is 0.0205. The maximum atomic E-state index is 11.6. The van der Waals surface area contributed by atoms with Crippen molar-refractivity contribution in [3.05, 3.63) is 0 Å². The van der Waals surface area contributed by atoms with E-state index < -0.39 is 12.2 Å². The van der Waals surface area contributed by atoms with Crippen LogP contribution in [0.3, 0.4) is 0 Å². The van der Waals surface area contributed by atoms with Crippen molar-refractivity contribution in [1.82, 2.24) is 0 Å². The van der Waals surface area contributed by atoms with E-state index in [2.05, 4.69) is 20.8 Å². The Kier molecular flexibility index (Phi) is 6.15. The number of aliphatic hydroxyl groups is 3. The molecule has 4 aliphatic rings. The molecule has 4 aliphatic carbocycles. The molecule has 0 aromatic heterocycles. The Morgan fingerprint density at radius 2 is 1.77 bits per heavy atom. The van der Waals surface area contributed by atoms with Crippen molar-refractivity contribution in [3.8, 4) is 0 Å². The van der Waals surface area contributed by atoms with Gasteiger partial charge in [-0.1, -0.05) is 20.8 Å². The second kappa shape index (κ2) is 8.13. The summed E-state index contributed by atoms with van der Waals surface area (Å²) < 4.78 is 5.73. The van der Waals surface area contributed by atoms with Crippen molar-refractivity contribution in [2.75, 3.05) is 7.11 Å². The molecule has 12 atom stereocenters. The molecule has 0 heterocycles. The number of methoxy groups -OCH3 is 1. The number of rotatable bonds is 5. The number of ether oxygens (including phenoxy) is 1. The molecule has 172 valence electrons. The molecule has 0 radical (unpaired) electrons. The molecule has 4 rings (SSSR count).